The van der Waals surface area contributed by atoms with Crippen LogP contribution in [-0.4, -0.2) is 47.0 Å². The van der Waals surface area contributed by atoms with E-state index in [1.807, 2.05) is 0 Å². The number of aliphatic carboxylic acids is 4. The molecule has 0 N–H and O–H groups in total. The molecule has 0 aromatic carbocycles. The van der Waals surface area contributed by atoms with E-state index < -0.39 is 49.6 Å². The second kappa shape index (κ2) is 27.0. The van der Waals surface area contributed by atoms with Gasteiger partial charge in [0.25, 0.3) is 0 Å². The van der Waals surface area contributed by atoms with Gasteiger partial charge in [-0.25, -0.2) is 0 Å². The monoisotopic (exact) mass is 500 g/mol. The van der Waals surface area contributed by atoms with Crippen molar-refractivity contribution in [1.82, 2.24) is 0 Å². The van der Waals surface area contributed by atoms with Crippen molar-refractivity contribution in [2.45, 2.75) is 53.4 Å². The average Bonchev–Trinajstić information content (AvgIpc) is 2.32. The summed E-state index contributed by atoms with van der Waals surface area (Å²) in [6.45, 7) is 4.82. The first-order valence-corrected chi connectivity index (χ1v) is 7.28. The van der Waals surface area contributed by atoms with Crippen LogP contribution in [0.5, 0.6) is 0 Å². The predicted octanol–water partition coefficient (Wildman–Crippen LogP) is -5.14. The first-order chi connectivity index (χ1) is 12.5. The first kappa shape index (κ1) is 42.2. The van der Waals surface area contributed by atoms with Crippen molar-refractivity contribution in [3.05, 3.63) is 0 Å². The molecule has 14 heteroatoms. The molecule has 12 nitrogen and oxygen atoms in total. The van der Waals surface area contributed by atoms with Crippen LogP contribution in [0.15, 0.2) is 0 Å². The Morgan fingerprint density at radius 3 is 0.500 bits per heavy atom. The molecule has 0 atom stereocenters. The van der Waals surface area contributed by atoms with Crippen molar-refractivity contribution >= 4 is 47.0 Å². The minimum absolute atomic E-state index is 0. The molecule has 164 valence electrons. The number of hydrogen-bond donors (Lipinski definition) is 0. The summed E-state index contributed by atoms with van der Waals surface area (Å²) in [7, 11) is 0. The van der Waals surface area contributed by atoms with Gasteiger partial charge in [-0.15, -0.1) is 0 Å². The number of carbonyl (C=O) groups is 8. The molecule has 0 bridgehead atoms. The second-order valence-corrected chi connectivity index (χ2v) is 5.00. The van der Waals surface area contributed by atoms with Crippen LogP contribution in [0.2, 0.25) is 0 Å². The predicted molar refractivity (Wildman–Crippen MR) is 81.2 cm³/mol. The number of carboxylic acids is 4. The summed E-state index contributed by atoms with van der Waals surface area (Å²) in [6.07, 6.45) is -1.89. The topological polar surface area (TPSA) is 229 Å². The van der Waals surface area contributed by atoms with Crippen LogP contribution >= 0.6 is 0 Å². The fourth-order valence-corrected chi connectivity index (χ4v) is 0.813. The van der Waals surface area contributed by atoms with Gasteiger partial charge in [0.15, 0.2) is 0 Å². The Balaban J connectivity index is -0.0000000626. The molecule has 0 unspecified atom stereocenters. The fourth-order valence-electron chi connectivity index (χ4n) is 0.813. The molecule has 0 heterocycles. The van der Waals surface area contributed by atoms with Crippen LogP contribution in [0, 0.1) is 0 Å². The molecule has 0 saturated carbocycles. The molecule has 0 radical (unpaired) electrons. The van der Waals surface area contributed by atoms with Crippen molar-refractivity contribution in [1.29, 1.82) is 0 Å². The SMILES string of the molecule is CC(=O)CC(=O)[O-].CC(=O)CC(=O)[O-].CC(=O)CC(=O)[O-].CC(=O)CC(=O)[O-].[Ti+2].[Ti+2]. The van der Waals surface area contributed by atoms with E-state index in [4.69, 9.17) is 0 Å². The zero-order valence-corrected chi connectivity index (χ0v) is 19.9. The van der Waals surface area contributed by atoms with E-state index in [-0.39, 0.29) is 66.6 Å². The number of hydrogen-bond acceptors (Lipinski definition) is 12. The van der Waals surface area contributed by atoms with E-state index in [2.05, 4.69) is 0 Å². The quantitative estimate of drug-likeness (QED) is 0.225. The minimum Gasteiger partial charge on any atom is -0.550 e. The Kier molecular flexibility index (Phi) is 37.9. The third kappa shape index (κ3) is 82.9. The molecule has 0 aliphatic rings. The van der Waals surface area contributed by atoms with Gasteiger partial charge >= 0.3 is 43.4 Å². The maximum atomic E-state index is 9.83. The molecule has 0 spiro atoms. The largest absolute Gasteiger partial charge is 2.00 e. The Morgan fingerprint density at radius 1 is 0.400 bits per heavy atom. The second-order valence-electron chi connectivity index (χ2n) is 5.00. The van der Waals surface area contributed by atoms with Crippen LogP contribution in [0.1, 0.15) is 53.4 Å². The molecule has 0 fully saturated rings. The van der Waals surface area contributed by atoms with Gasteiger partial charge in [-0.2, -0.15) is 0 Å². The fraction of sp³-hybridized carbons (Fsp3) is 0.500. The van der Waals surface area contributed by atoms with Crippen LogP contribution in [0.4, 0.5) is 0 Å². The van der Waals surface area contributed by atoms with Gasteiger partial charge < -0.3 is 39.6 Å². The molecular weight excluding hydrogens is 480 g/mol. The smallest absolute Gasteiger partial charge is 0.550 e. The summed E-state index contributed by atoms with van der Waals surface area (Å²) in [4.78, 5) is 77.2. The number of carboxylic acid groups (broad SMARTS) is 4. The summed E-state index contributed by atoms with van der Waals surface area (Å²) >= 11 is 0. The number of rotatable bonds is 8. The summed E-state index contributed by atoms with van der Waals surface area (Å²) in [5.74, 6) is -6.75. The van der Waals surface area contributed by atoms with E-state index >= 15 is 0 Å². The molecular formula is C16H20O12Ti2. The Bertz CT molecular complexity index is 447. The van der Waals surface area contributed by atoms with Gasteiger partial charge in [-0.05, 0) is 27.7 Å². The van der Waals surface area contributed by atoms with Crippen molar-refractivity contribution in [2.75, 3.05) is 0 Å². The molecule has 30 heavy (non-hydrogen) atoms. The molecule has 0 aromatic heterocycles. The maximum absolute atomic E-state index is 9.83. The van der Waals surface area contributed by atoms with Gasteiger partial charge in [-0.1, -0.05) is 0 Å². The normalized spacial score (nSPS) is 7.60. The van der Waals surface area contributed by atoms with Crippen LogP contribution in [0.25, 0.3) is 0 Å². The van der Waals surface area contributed by atoms with E-state index in [1.54, 1.807) is 0 Å². The summed E-state index contributed by atoms with van der Waals surface area (Å²) < 4.78 is 0. The van der Waals surface area contributed by atoms with Gasteiger partial charge in [-0.3, -0.25) is 19.2 Å². The standard InChI is InChI=1S/4C4H6O3.2Ti/c4*1-3(5)2-4(6)7;;/h4*2H2,1H3,(H,6,7);;/q;;;;2*+2/p-4. The Hall–Kier alpha value is -2.01. The maximum Gasteiger partial charge on any atom is 2.00 e. The van der Waals surface area contributed by atoms with E-state index in [0.29, 0.717) is 0 Å². The van der Waals surface area contributed by atoms with Crippen LogP contribution in [0.3, 0.4) is 0 Å². The zero-order valence-electron chi connectivity index (χ0n) is 16.7. The summed E-state index contributed by atoms with van der Waals surface area (Å²) in [6, 6.07) is 0. The number of ketones is 4. The van der Waals surface area contributed by atoms with E-state index in [1.165, 1.54) is 27.7 Å². The first-order valence-electron chi connectivity index (χ1n) is 7.28. The molecule has 0 aliphatic carbocycles. The number of carbonyl (C=O) groups excluding carboxylic acids is 8. The van der Waals surface area contributed by atoms with Crippen molar-refractivity contribution in [3.63, 3.8) is 0 Å². The summed E-state index contributed by atoms with van der Waals surface area (Å²) in [5, 5.41) is 37.9. The average molecular weight is 500 g/mol. The van der Waals surface area contributed by atoms with Gasteiger partial charge in [0.2, 0.25) is 0 Å². The van der Waals surface area contributed by atoms with Crippen LogP contribution < -0.4 is 20.4 Å². The molecule has 0 aliphatic heterocycles. The molecule has 0 saturated heterocycles. The molecule has 0 aromatic rings. The Labute approximate surface area is 202 Å². The summed E-state index contributed by atoms with van der Waals surface area (Å²) in [5.41, 5.74) is 0. The third-order valence-electron chi connectivity index (χ3n) is 1.57. The van der Waals surface area contributed by atoms with Crippen molar-refractivity contribution in [2.24, 2.45) is 0 Å². The van der Waals surface area contributed by atoms with Gasteiger partial charge in [0, 0.05) is 49.6 Å². The minimum atomic E-state index is -1.31. The van der Waals surface area contributed by atoms with E-state index in [0.717, 1.165) is 0 Å². The molecule has 0 amide bonds. The van der Waals surface area contributed by atoms with Gasteiger partial charge in [0.1, 0.15) is 23.1 Å². The van der Waals surface area contributed by atoms with Crippen molar-refractivity contribution < 1.29 is 102 Å². The van der Waals surface area contributed by atoms with E-state index in [9.17, 15) is 58.8 Å². The molecule has 0 rings (SSSR count). The zero-order chi connectivity index (χ0) is 23.4. The van der Waals surface area contributed by atoms with Crippen LogP contribution in [-0.2, 0) is 81.8 Å². The number of Topliss-reactive ketones (excluding diaryl/α,β-unsaturated/α-hetero) is 4. The van der Waals surface area contributed by atoms with Crippen molar-refractivity contribution in [3.8, 4) is 0 Å². The van der Waals surface area contributed by atoms with Gasteiger partial charge in [0.05, 0.1) is 0 Å². The Morgan fingerprint density at radius 2 is 0.500 bits per heavy atom. The third-order valence-corrected chi connectivity index (χ3v) is 1.57.